The highest BCUT2D eigenvalue weighted by atomic mass is 35.5. The third-order valence-corrected chi connectivity index (χ3v) is 4.18. The molecule has 0 saturated carbocycles. The van der Waals surface area contributed by atoms with E-state index in [0.29, 0.717) is 30.0 Å². The lowest BCUT2D eigenvalue weighted by atomic mass is 10.2. The number of anilines is 1. The number of hydrogen-bond acceptors (Lipinski definition) is 3. The van der Waals surface area contributed by atoms with Gasteiger partial charge in [-0.1, -0.05) is 11.6 Å². The van der Waals surface area contributed by atoms with E-state index >= 15 is 0 Å². The molecule has 0 atom stereocenters. The van der Waals surface area contributed by atoms with Crippen LogP contribution in [-0.4, -0.2) is 27.9 Å². The molecule has 7 heteroatoms. The molecule has 2 aromatic carbocycles. The van der Waals surface area contributed by atoms with Crippen molar-refractivity contribution < 1.29 is 9.59 Å². The fraction of sp³-hybridized carbons (Fsp3) is 0.150. The number of halogens is 1. The van der Waals surface area contributed by atoms with Gasteiger partial charge in [0, 0.05) is 47.3 Å². The van der Waals surface area contributed by atoms with E-state index in [1.807, 2.05) is 35.0 Å². The number of carbonyl (C=O) groups is 2. The normalized spacial score (nSPS) is 10.4. The Morgan fingerprint density at radius 1 is 1.04 bits per heavy atom. The molecule has 0 fully saturated rings. The third kappa shape index (κ3) is 5.43. The monoisotopic (exact) mass is 382 g/mol. The van der Waals surface area contributed by atoms with E-state index in [9.17, 15) is 9.59 Å². The Hall–Kier alpha value is -3.12. The van der Waals surface area contributed by atoms with Crippen LogP contribution < -0.4 is 10.6 Å². The predicted octanol–water partition coefficient (Wildman–Crippen LogP) is 3.67. The Kier molecular flexibility index (Phi) is 6.22. The zero-order valence-electron chi connectivity index (χ0n) is 14.6. The van der Waals surface area contributed by atoms with Crippen molar-refractivity contribution in [1.29, 1.82) is 0 Å². The van der Waals surface area contributed by atoms with Crippen LogP contribution in [0.1, 0.15) is 23.2 Å². The van der Waals surface area contributed by atoms with Gasteiger partial charge in [0.2, 0.25) is 5.91 Å². The van der Waals surface area contributed by atoms with E-state index in [4.69, 9.17) is 11.6 Å². The second-order valence-electron chi connectivity index (χ2n) is 5.93. The van der Waals surface area contributed by atoms with Crippen LogP contribution in [0.4, 0.5) is 5.69 Å². The summed E-state index contributed by atoms with van der Waals surface area (Å²) in [5, 5.41) is 6.22. The minimum Gasteiger partial charge on any atom is -0.352 e. The first-order chi connectivity index (χ1) is 13.1. The summed E-state index contributed by atoms with van der Waals surface area (Å²) in [5.41, 5.74) is 2.24. The molecule has 2 N–H and O–H groups in total. The van der Waals surface area contributed by atoms with Gasteiger partial charge in [0.1, 0.15) is 0 Å². The maximum atomic E-state index is 12.0. The molecular formula is C20H19ClN4O2. The average molecular weight is 383 g/mol. The van der Waals surface area contributed by atoms with Gasteiger partial charge >= 0.3 is 0 Å². The van der Waals surface area contributed by atoms with Gasteiger partial charge in [0.25, 0.3) is 5.91 Å². The molecule has 0 spiro atoms. The molecule has 0 aliphatic rings. The standard InChI is InChI=1S/C20H19ClN4O2/c21-16-5-3-15(4-6-16)20(27)23-11-1-2-19(26)24-17-7-9-18(10-8-17)25-13-12-22-14-25/h3-10,12-14H,1-2,11H2,(H,23,27)(H,24,26). The quantitative estimate of drug-likeness (QED) is 0.612. The van der Waals surface area contributed by atoms with Crippen molar-refractivity contribution in [3.8, 4) is 5.69 Å². The molecule has 2 amide bonds. The van der Waals surface area contributed by atoms with Gasteiger partial charge in [-0.3, -0.25) is 9.59 Å². The largest absolute Gasteiger partial charge is 0.352 e. The molecule has 0 aliphatic carbocycles. The SMILES string of the molecule is O=C(CCCNC(=O)c1ccc(Cl)cc1)Nc1ccc(-n2ccnc2)cc1. The maximum Gasteiger partial charge on any atom is 0.251 e. The molecule has 0 aliphatic heterocycles. The summed E-state index contributed by atoms with van der Waals surface area (Å²) < 4.78 is 1.88. The van der Waals surface area contributed by atoms with Crippen LogP contribution in [0.25, 0.3) is 5.69 Å². The average Bonchev–Trinajstić information content (AvgIpc) is 3.21. The Morgan fingerprint density at radius 2 is 1.78 bits per heavy atom. The first-order valence-electron chi connectivity index (χ1n) is 8.54. The minimum absolute atomic E-state index is 0.0916. The van der Waals surface area contributed by atoms with Gasteiger partial charge in [-0.05, 0) is 55.0 Å². The Morgan fingerprint density at radius 3 is 2.44 bits per heavy atom. The summed E-state index contributed by atoms with van der Waals surface area (Å²) >= 11 is 5.80. The highest BCUT2D eigenvalue weighted by molar-refractivity contribution is 6.30. The number of hydrogen-bond donors (Lipinski definition) is 2. The Bertz CT molecular complexity index is 891. The van der Waals surface area contributed by atoms with Gasteiger partial charge in [-0.2, -0.15) is 0 Å². The number of rotatable bonds is 7. The number of nitrogens with zero attached hydrogens (tertiary/aromatic N) is 2. The van der Waals surface area contributed by atoms with Crippen LogP contribution in [0.5, 0.6) is 0 Å². The van der Waals surface area contributed by atoms with Crippen LogP contribution in [0.15, 0.2) is 67.3 Å². The molecule has 1 aromatic heterocycles. The van der Waals surface area contributed by atoms with E-state index in [1.165, 1.54) is 0 Å². The van der Waals surface area contributed by atoms with Gasteiger partial charge in [0.15, 0.2) is 0 Å². The number of benzene rings is 2. The third-order valence-electron chi connectivity index (χ3n) is 3.93. The molecule has 3 rings (SSSR count). The smallest absolute Gasteiger partial charge is 0.251 e. The molecule has 0 saturated heterocycles. The van der Waals surface area contributed by atoms with Gasteiger partial charge < -0.3 is 15.2 Å². The van der Waals surface area contributed by atoms with Crippen molar-refractivity contribution in [1.82, 2.24) is 14.9 Å². The molecule has 3 aromatic rings. The predicted molar refractivity (Wildman–Crippen MR) is 105 cm³/mol. The summed E-state index contributed by atoms with van der Waals surface area (Å²) in [6, 6.07) is 14.2. The van der Waals surface area contributed by atoms with Crippen molar-refractivity contribution in [2.75, 3.05) is 11.9 Å². The second-order valence-corrected chi connectivity index (χ2v) is 6.37. The van der Waals surface area contributed by atoms with Crippen LogP contribution in [0.2, 0.25) is 5.02 Å². The van der Waals surface area contributed by atoms with Crippen LogP contribution in [0.3, 0.4) is 0 Å². The van der Waals surface area contributed by atoms with E-state index in [2.05, 4.69) is 15.6 Å². The lowest BCUT2D eigenvalue weighted by molar-refractivity contribution is -0.116. The zero-order chi connectivity index (χ0) is 19.1. The lowest BCUT2D eigenvalue weighted by Crippen LogP contribution is -2.25. The first-order valence-corrected chi connectivity index (χ1v) is 8.91. The van der Waals surface area contributed by atoms with Crippen molar-refractivity contribution in [3.05, 3.63) is 77.8 Å². The number of amides is 2. The fourth-order valence-electron chi connectivity index (χ4n) is 2.51. The molecule has 138 valence electrons. The zero-order valence-corrected chi connectivity index (χ0v) is 15.3. The number of imidazole rings is 1. The molecule has 1 heterocycles. The first kappa shape index (κ1) is 18.7. The number of carbonyl (C=O) groups excluding carboxylic acids is 2. The summed E-state index contributed by atoms with van der Waals surface area (Å²) in [7, 11) is 0. The van der Waals surface area contributed by atoms with Crippen molar-refractivity contribution in [2.45, 2.75) is 12.8 Å². The van der Waals surface area contributed by atoms with E-state index in [1.54, 1.807) is 36.8 Å². The topological polar surface area (TPSA) is 76.0 Å². The summed E-state index contributed by atoms with van der Waals surface area (Å²) in [4.78, 5) is 28.0. The van der Waals surface area contributed by atoms with Gasteiger partial charge in [0.05, 0.1) is 6.33 Å². The van der Waals surface area contributed by atoms with Crippen molar-refractivity contribution >= 4 is 29.1 Å². The molecular weight excluding hydrogens is 364 g/mol. The lowest BCUT2D eigenvalue weighted by Gasteiger charge is -2.08. The molecule has 0 radical (unpaired) electrons. The van der Waals surface area contributed by atoms with Crippen LogP contribution in [0, 0.1) is 0 Å². The van der Waals surface area contributed by atoms with E-state index in [-0.39, 0.29) is 11.8 Å². The molecule has 0 bridgehead atoms. The highest BCUT2D eigenvalue weighted by Gasteiger charge is 2.06. The van der Waals surface area contributed by atoms with Gasteiger partial charge in [-0.15, -0.1) is 0 Å². The van der Waals surface area contributed by atoms with Crippen LogP contribution in [-0.2, 0) is 4.79 Å². The van der Waals surface area contributed by atoms with Crippen molar-refractivity contribution in [2.24, 2.45) is 0 Å². The highest BCUT2D eigenvalue weighted by Crippen LogP contribution is 2.13. The van der Waals surface area contributed by atoms with Crippen molar-refractivity contribution in [3.63, 3.8) is 0 Å². The summed E-state index contributed by atoms with van der Waals surface area (Å²) in [6.07, 6.45) is 6.15. The van der Waals surface area contributed by atoms with Crippen LogP contribution >= 0.6 is 11.6 Å². The molecule has 6 nitrogen and oxygen atoms in total. The second kappa shape index (κ2) is 9.00. The minimum atomic E-state index is -0.179. The number of nitrogens with one attached hydrogen (secondary N) is 2. The Labute approximate surface area is 162 Å². The van der Waals surface area contributed by atoms with E-state index in [0.717, 1.165) is 11.4 Å². The summed E-state index contributed by atoms with van der Waals surface area (Å²) in [5.74, 6) is -0.270. The fourth-order valence-corrected chi connectivity index (χ4v) is 2.63. The van der Waals surface area contributed by atoms with Gasteiger partial charge in [-0.25, -0.2) is 4.98 Å². The number of aromatic nitrogens is 2. The molecule has 27 heavy (non-hydrogen) atoms. The van der Waals surface area contributed by atoms with E-state index < -0.39 is 0 Å². The Balaban J connectivity index is 1.39. The summed E-state index contributed by atoms with van der Waals surface area (Å²) in [6.45, 7) is 0.425. The molecule has 0 unspecified atom stereocenters. The maximum absolute atomic E-state index is 12.0.